The second-order valence-corrected chi connectivity index (χ2v) is 4.27. The van der Waals surface area contributed by atoms with E-state index < -0.39 is 12.3 Å². The molecule has 0 aromatic heterocycles. The number of carbonyl (C=O) groups excluding carboxylic acids is 1. The summed E-state index contributed by atoms with van der Waals surface area (Å²) < 4.78 is 4.83. The van der Waals surface area contributed by atoms with Crippen molar-refractivity contribution in [2.24, 2.45) is 10.5 Å². The van der Waals surface area contributed by atoms with Gasteiger partial charge in [-0.3, -0.25) is 14.6 Å². The molecule has 0 aliphatic carbocycles. The summed E-state index contributed by atoms with van der Waals surface area (Å²) in [5, 5.41) is 17.3. The van der Waals surface area contributed by atoms with E-state index in [0.717, 1.165) is 12.8 Å². The van der Waals surface area contributed by atoms with Gasteiger partial charge in [-0.2, -0.15) is 0 Å². The molecule has 0 bridgehead atoms. The number of hydrogen-bond donors (Lipinski definition) is 1. The van der Waals surface area contributed by atoms with Gasteiger partial charge in [0, 0.05) is 38.6 Å². The lowest BCUT2D eigenvalue weighted by molar-refractivity contribution is -0.177. The number of ether oxygens (including phenoxy) is 1. The summed E-state index contributed by atoms with van der Waals surface area (Å²) in [7, 11) is 1.73. The minimum Gasteiger partial charge on any atom is -0.481 e. The Balaban J connectivity index is 3.64. The summed E-state index contributed by atoms with van der Waals surface area (Å²) in [4.78, 5) is 26.1. The highest BCUT2D eigenvalue weighted by Crippen LogP contribution is 2.02. The number of aliphatic carboxylic acids is 1. The third kappa shape index (κ3) is 11.2. The van der Waals surface area contributed by atoms with Gasteiger partial charge in [0.2, 0.25) is 0 Å². The third-order valence-corrected chi connectivity index (χ3v) is 2.34. The van der Waals surface area contributed by atoms with Crippen molar-refractivity contribution in [3.05, 3.63) is 0 Å². The molecule has 0 radical (unpaired) electrons. The maximum atomic E-state index is 10.9. The quantitative estimate of drug-likeness (QED) is 0.206. The average Bonchev–Trinajstić information content (AvgIpc) is 2.37. The highest BCUT2D eigenvalue weighted by molar-refractivity contribution is 5.68. The molecule has 8 nitrogen and oxygen atoms in total. The van der Waals surface area contributed by atoms with Gasteiger partial charge in [0.15, 0.2) is 0 Å². The highest BCUT2D eigenvalue weighted by atomic mass is 16.8. The smallest absolute Gasteiger partial charge is 0.308 e. The Bertz CT molecular complexity index is 322. The van der Waals surface area contributed by atoms with Crippen LogP contribution in [0.2, 0.25) is 0 Å². The topological polar surface area (TPSA) is 101 Å². The zero-order valence-corrected chi connectivity index (χ0v) is 12.2. The van der Waals surface area contributed by atoms with E-state index in [0.29, 0.717) is 13.0 Å². The maximum absolute atomic E-state index is 10.9. The van der Waals surface area contributed by atoms with E-state index in [1.165, 1.54) is 0 Å². The standard InChI is InChI=1S/C12H23N3O5/c1-4-12(18)19-10(2)20-14-13-15(3)9-7-5-6-8-11(16)17/h10H,4-9H2,1-3H3,(H,16,17)/b14-13-. The lowest BCUT2D eigenvalue weighted by Crippen LogP contribution is -2.16. The molecule has 1 unspecified atom stereocenters. The number of carboxylic acid groups (broad SMARTS) is 1. The molecule has 8 heteroatoms. The summed E-state index contributed by atoms with van der Waals surface area (Å²) >= 11 is 0. The molecule has 1 atom stereocenters. The van der Waals surface area contributed by atoms with Crippen LogP contribution >= 0.6 is 0 Å². The molecule has 0 amide bonds. The van der Waals surface area contributed by atoms with Crippen molar-refractivity contribution in [1.29, 1.82) is 0 Å². The zero-order valence-electron chi connectivity index (χ0n) is 12.2. The Morgan fingerprint density at radius 2 is 2.00 bits per heavy atom. The molecule has 0 aliphatic heterocycles. The first-order valence-corrected chi connectivity index (χ1v) is 6.64. The fourth-order valence-corrected chi connectivity index (χ4v) is 1.28. The van der Waals surface area contributed by atoms with Gasteiger partial charge in [-0.1, -0.05) is 13.3 Å². The summed E-state index contributed by atoms with van der Waals surface area (Å²) in [5.41, 5.74) is 0. The van der Waals surface area contributed by atoms with Gasteiger partial charge in [0.05, 0.1) is 0 Å². The molecule has 116 valence electrons. The molecule has 0 saturated heterocycles. The fraction of sp³-hybridized carbons (Fsp3) is 0.833. The summed E-state index contributed by atoms with van der Waals surface area (Å²) in [6.45, 7) is 3.89. The van der Waals surface area contributed by atoms with E-state index in [9.17, 15) is 9.59 Å². The predicted octanol–water partition coefficient (Wildman–Crippen LogP) is 2.16. The van der Waals surface area contributed by atoms with Crippen LogP contribution in [0.3, 0.4) is 0 Å². The van der Waals surface area contributed by atoms with Crippen LogP contribution in [0.5, 0.6) is 0 Å². The minimum atomic E-state index is -0.776. The van der Waals surface area contributed by atoms with E-state index in [4.69, 9.17) is 14.7 Å². The minimum absolute atomic E-state index is 0.189. The lowest BCUT2D eigenvalue weighted by Gasteiger charge is -2.12. The Morgan fingerprint density at radius 1 is 1.30 bits per heavy atom. The van der Waals surface area contributed by atoms with Gasteiger partial charge in [-0.25, -0.2) is 0 Å². The van der Waals surface area contributed by atoms with E-state index in [1.807, 2.05) is 0 Å². The van der Waals surface area contributed by atoms with Crippen LogP contribution in [0.15, 0.2) is 10.5 Å². The first-order chi connectivity index (χ1) is 9.45. The monoisotopic (exact) mass is 289 g/mol. The first-order valence-electron chi connectivity index (χ1n) is 6.64. The largest absolute Gasteiger partial charge is 0.481 e. The maximum Gasteiger partial charge on any atom is 0.308 e. The predicted molar refractivity (Wildman–Crippen MR) is 70.5 cm³/mol. The van der Waals surface area contributed by atoms with E-state index >= 15 is 0 Å². The van der Waals surface area contributed by atoms with Crippen molar-refractivity contribution >= 4 is 11.9 Å². The second-order valence-electron chi connectivity index (χ2n) is 4.27. The first kappa shape index (κ1) is 18.1. The van der Waals surface area contributed by atoms with Crippen LogP contribution in [-0.4, -0.2) is 41.9 Å². The summed E-state index contributed by atoms with van der Waals surface area (Å²) in [6, 6.07) is 0. The molecule has 0 aromatic carbocycles. The molecular formula is C12H23N3O5. The molecule has 0 fully saturated rings. The van der Waals surface area contributed by atoms with Gasteiger partial charge < -0.3 is 14.7 Å². The number of nitrogens with zero attached hydrogens (tertiary/aromatic N) is 3. The Hall–Kier alpha value is -1.86. The fourth-order valence-electron chi connectivity index (χ4n) is 1.28. The van der Waals surface area contributed by atoms with Gasteiger partial charge in [0.25, 0.3) is 6.29 Å². The Labute approximate surface area is 118 Å². The van der Waals surface area contributed by atoms with Crippen molar-refractivity contribution in [3.63, 3.8) is 0 Å². The SMILES string of the molecule is CCC(=O)OC(C)O/N=N\N(C)CCCCCC(=O)O. The normalized spacial score (nSPS) is 12.2. The molecule has 20 heavy (non-hydrogen) atoms. The lowest BCUT2D eigenvalue weighted by atomic mass is 10.2. The Morgan fingerprint density at radius 3 is 2.60 bits per heavy atom. The third-order valence-electron chi connectivity index (χ3n) is 2.34. The van der Waals surface area contributed by atoms with E-state index in [1.54, 1.807) is 25.9 Å². The van der Waals surface area contributed by atoms with Gasteiger partial charge in [-0.05, 0) is 18.1 Å². The zero-order chi connectivity index (χ0) is 15.4. The van der Waals surface area contributed by atoms with Crippen molar-refractivity contribution in [3.8, 4) is 0 Å². The molecular weight excluding hydrogens is 266 g/mol. The van der Waals surface area contributed by atoms with Crippen molar-refractivity contribution in [2.75, 3.05) is 13.6 Å². The van der Waals surface area contributed by atoms with Crippen LogP contribution < -0.4 is 0 Å². The Kier molecular flexibility index (Phi) is 9.98. The van der Waals surface area contributed by atoms with E-state index in [2.05, 4.69) is 10.5 Å². The molecule has 0 rings (SSSR count). The van der Waals surface area contributed by atoms with Crippen LogP contribution in [0.4, 0.5) is 0 Å². The number of rotatable bonds is 11. The van der Waals surface area contributed by atoms with Crippen molar-refractivity contribution < 1.29 is 24.3 Å². The van der Waals surface area contributed by atoms with Crippen molar-refractivity contribution in [1.82, 2.24) is 5.01 Å². The number of esters is 1. The van der Waals surface area contributed by atoms with Gasteiger partial charge >= 0.3 is 11.9 Å². The summed E-state index contributed by atoms with van der Waals surface area (Å²) in [6.07, 6.45) is 1.99. The van der Waals surface area contributed by atoms with Crippen LogP contribution in [0.25, 0.3) is 0 Å². The summed E-state index contributed by atoms with van der Waals surface area (Å²) in [5.74, 6) is -1.14. The van der Waals surface area contributed by atoms with Crippen LogP contribution in [-0.2, 0) is 19.2 Å². The average molecular weight is 289 g/mol. The molecule has 0 aliphatic rings. The number of carbonyl (C=O) groups is 2. The molecule has 0 heterocycles. The molecule has 0 aromatic rings. The van der Waals surface area contributed by atoms with Crippen LogP contribution in [0, 0.1) is 0 Å². The van der Waals surface area contributed by atoms with Gasteiger partial charge in [0.1, 0.15) is 0 Å². The highest BCUT2D eigenvalue weighted by Gasteiger charge is 2.07. The number of carboxylic acids is 1. The van der Waals surface area contributed by atoms with Gasteiger partial charge in [-0.15, -0.1) is 0 Å². The van der Waals surface area contributed by atoms with Crippen LogP contribution in [0.1, 0.15) is 46.0 Å². The number of unbranched alkanes of at least 4 members (excludes halogenated alkanes) is 2. The van der Waals surface area contributed by atoms with Crippen molar-refractivity contribution in [2.45, 2.75) is 52.2 Å². The molecule has 1 N–H and O–H groups in total. The van der Waals surface area contributed by atoms with E-state index in [-0.39, 0.29) is 18.8 Å². The molecule has 0 spiro atoms. The second kappa shape index (κ2) is 11.0. The molecule has 0 saturated carbocycles. The number of hydrogen-bond acceptors (Lipinski definition) is 6.